The summed E-state index contributed by atoms with van der Waals surface area (Å²) in [4.78, 5) is 13.7. The number of nitrogens with one attached hydrogen (secondary N) is 2. The third-order valence-corrected chi connectivity index (χ3v) is 6.43. The van der Waals surface area contributed by atoms with Gasteiger partial charge >= 0.3 is 0 Å². The molecule has 0 bridgehead atoms. The maximum Gasteiger partial charge on any atom is 0.163 e. The Kier molecular flexibility index (Phi) is 5.78. The summed E-state index contributed by atoms with van der Waals surface area (Å²) < 4.78 is 11.2. The molecule has 0 amide bonds. The molecule has 5 nitrogen and oxygen atoms in total. The number of ether oxygens (including phenoxy) is 2. The van der Waals surface area contributed by atoms with Crippen molar-refractivity contribution in [3.63, 3.8) is 0 Å². The number of allylic oxidation sites excluding steroid dienone is 1. The van der Waals surface area contributed by atoms with Gasteiger partial charge in [0, 0.05) is 23.3 Å². The van der Waals surface area contributed by atoms with Gasteiger partial charge in [0.1, 0.15) is 11.5 Å². The van der Waals surface area contributed by atoms with Crippen LogP contribution in [0.15, 0.2) is 84.1 Å². The maximum absolute atomic E-state index is 13.7. The predicted molar refractivity (Wildman–Crippen MR) is 131 cm³/mol. The molecule has 1 aliphatic heterocycles. The molecular weight excluding hydrogens is 412 g/mol. The minimum atomic E-state index is -0.289. The Bertz CT molecular complexity index is 1200. The minimum Gasteiger partial charge on any atom is -0.497 e. The lowest BCUT2D eigenvalue weighted by atomic mass is 9.78. The van der Waals surface area contributed by atoms with E-state index in [1.165, 1.54) is 0 Å². The number of hydrogen-bond acceptors (Lipinski definition) is 5. The van der Waals surface area contributed by atoms with Crippen LogP contribution in [0.5, 0.6) is 11.5 Å². The van der Waals surface area contributed by atoms with Crippen molar-refractivity contribution in [2.24, 2.45) is 0 Å². The SMILES string of the molecule is CCOc1ccccc1[C@@H]1Nc2ccccc2NC2=C1C(=O)C[C@@H](c1ccc(OC)cc1)C2. The molecule has 1 aliphatic carbocycles. The van der Waals surface area contributed by atoms with Crippen molar-refractivity contribution in [3.05, 3.63) is 95.2 Å². The van der Waals surface area contributed by atoms with Crippen LogP contribution >= 0.6 is 0 Å². The van der Waals surface area contributed by atoms with E-state index in [0.717, 1.165) is 51.7 Å². The number of methoxy groups -OCH3 is 1. The van der Waals surface area contributed by atoms with E-state index in [2.05, 4.69) is 22.8 Å². The molecule has 3 aromatic rings. The quantitative estimate of drug-likeness (QED) is 0.504. The van der Waals surface area contributed by atoms with Gasteiger partial charge < -0.3 is 20.1 Å². The van der Waals surface area contributed by atoms with Crippen LogP contribution in [0.25, 0.3) is 0 Å². The second-order valence-electron chi connectivity index (χ2n) is 8.41. The van der Waals surface area contributed by atoms with E-state index in [1.54, 1.807) is 7.11 Å². The molecule has 0 unspecified atom stereocenters. The summed E-state index contributed by atoms with van der Waals surface area (Å²) in [7, 11) is 1.66. The van der Waals surface area contributed by atoms with Crippen molar-refractivity contribution >= 4 is 17.2 Å². The van der Waals surface area contributed by atoms with E-state index in [-0.39, 0.29) is 17.7 Å². The van der Waals surface area contributed by atoms with E-state index in [0.29, 0.717) is 13.0 Å². The lowest BCUT2D eigenvalue weighted by Crippen LogP contribution is -2.27. The zero-order chi connectivity index (χ0) is 22.8. The highest BCUT2D eigenvalue weighted by molar-refractivity contribution is 6.01. The fourth-order valence-corrected chi connectivity index (χ4v) is 4.84. The Hall–Kier alpha value is -3.73. The van der Waals surface area contributed by atoms with Gasteiger partial charge in [-0.05, 0) is 55.2 Å². The molecule has 5 rings (SSSR count). The van der Waals surface area contributed by atoms with Gasteiger partial charge in [-0.3, -0.25) is 4.79 Å². The van der Waals surface area contributed by atoms with Crippen molar-refractivity contribution < 1.29 is 14.3 Å². The van der Waals surface area contributed by atoms with Crippen LogP contribution in [0.1, 0.15) is 42.9 Å². The first kappa shape index (κ1) is 21.1. The molecule has 0 saturated heterocycles. The minimum absolute atomic E-state index is 0.114. The summed E-state index contributed by atoms with van der Waals surface area (Å²) in [5, 5.41) is 7.23. The number of benzene rings is 3. The van der Waals surface area contributed by atoms with E-state index in [4.69, 9.17) is 9.47 Å². The van der Waals surface area contributed by atoms with Crippen LogP contribution < -0.4 is 20.1 Å². The monoisotopic (exact) mass is 440 g/mol. The van der Waals surface area contributed by atoms with Crippen LogP contribution in [-0.4, -0.2) is 19.5 Å². The number of Topliss-reactive ketones (excluding diaryl/α,β-unsaturated/α-hetero) is 1. The molecule has 33 heavy (non-hydrogen) atoms. The van der Waals surface area contributed by atoms with Crippen LogP contribution in [0.4, 0.5) is 11.4 Å². The van der Waals surface area contributed by atoms with Gasteiger partial charge in [0.2, 0.25) is 0 Å². The maximum atomic E-state index is 13.7. The van der Waals surface area contributed by atoms with Crippen molar-refractivity contribution in [2.45, 2.75) is 31.7 Å². The number of para-hydroxylation sites is 3. The van der Waals surface area contributed by atoms with Crippen molar-refractivity contribution in [1.29, 1.82) is 0 Å². The van der Waals surface area contributed by atoms with E-state index >= 15 is 0 Å². The molecule has 0 radical (unpaired) electrons. The predicted octanol–water partition coefficient (Wildman–Crippen LogP) is 6.07. The Morgan fingerprint density at radius 2 is 1.64 bits per heavy atom. The van der Waals surface area contributed by atoms with Crippen LogP contribution in [-0.2, 0) is 4.79 Å². The molecule has 0 spiro atoms. The molecule has 0 aromatic heterocycles. The number of carbonyl (C=O) groups excluding carboxylic acids is 1. The van der Waals surface area contributed by atoms with Crippen LogP contribution in [0, 0.1) is 0 Å². The fraction of sp³-hybridized carbons (Fsp3) is 0.250. The highest BCUT2D eigenvalue weighted by atomic mass is 16.5. The molecule has 5 heteroatoms. The third kappa shape index (κ3) is 4.07. The van der Waals surface area contributed by atoms with Crippen molar-refractivity contribution in [3.8, 4) is 11.5 Å². The van der Waals surface area contributed by atoms with E-state index < -0.39 is 0 Å². The highest BCUT2D eigenvalue weighted by Gasteiger charge is 2.37. The van der Waals surface area contributed by atoms with Gasteiger partial charge in [-0.15, -0.1) is 0 Å². The number of ketones is 1. The number of rotatable bonds is 5. The number of anilines is 2. The number of fused-ring (bicyclic) bond motifs is 1. The molecule has 0 fully saturated rings. The summed E-state index contributed by atoms with van der Waals surface area (Å²) in [6, 6.07) is 23.8. The van der Waals surface area contributed by atoms with Crippen LogP contribution in [0.3, 0.4) is 0 Å². The lowest BCUT2D eigenvalue weighted by Gasteiger charge is -2.30. The second kappa shape index (κ2) is 9.02. The molecule has 1 heterocycles. The van der Waals surface area contributed by atoms with Crippen molar-refractivity contribution in [1.82, 2.24) is 0 Å². The number of carbonyl (C=O) groups is 1. The topological polar surface area (TPSA) is 59.6 Å². The van der Waals surface area contributed by atoms with Gasteiger partial charge in [-0.25, -0.2) is 0 Å². The largest absolute Gasteiger partial charge is 0.497 e. The van der Waals surface area contributed by atoms with Gasteiger partial charge in [0.25, 0.3) is 0 Å². The average molecular weight is 441 g/mol. The third-order valence-electron chi connectivity index (χ3n) is 6.43. The molecule has 2 atom stereocenters. The zero-order valence-electron chi connectivity index (χ0n) is 18.9. The molecule has 0 saturated carbocycles. The Balaban J connectivity index is 1.59. The van der Waals surface area contributed by atoms with Gasteiger partial charge in [-0.2, -0.15) is 0 Å². The van der Waals surface area contributed by atoms with Gasteiger partial charge in [0.05, 0.1) is 31.1 Å². The lowest BCUT2D eigenvalue weighted by molar-refractivity contribution is -0.116. The van der Waals surface area contributed by atoms with Gasteiger partial charge in [0.15, 0.2) is 5.78 Å². The van der Waals surface area contributed by atoms with E-state index in [9.17, 15) is 4.79 Å². The highest BCUT2D eigenvalue weighted by Crippen LogP contribution is 2.45. The van der Waals surface area contributed by atoms with Gasteiger partial charge in [-0.1, -0.05) is 42.5 Å². The average Bonchev–Trinajstić information content (AvgIpc) is 3.01. The van der Waals surface area contributed by atoms with E-state index in [1.807, 2.05) is 67.6 Å². The Morgan fingerprint density at radius 3 is 2.39 bits per heavy atom. The first-order valence-corrected chi connectivity index (χ1v) is 11.4. The molecule has 2 N–H and O–H groups in total. The molecular formula is C28H28N2O3. The van der Waals surface area contributed by atoms with Crippen molar-refractivity contribution in [2.75, 3.05) is 24.4 Å². The summed E-state index contributed by atoms with van der Waals surface area (Å²) in [5.74, 6) is 1.89. The molecule has 2 aliphatic rings. The fourth-order valence-electron chi connectivity index (χ4n) is 4.84. The summed E-state index contributed by atoms with van der Waals surface area (Å²) in [6.45, 7) is 2.54. The first-order chi connectivity index (χ1) is 16.2. The first-order valence-electron chi connectivity index (χ1n) is 11.4. The Labute approximate surface area is 194 Å². The standard InChI is InChI=1S/C28H28N2O3/c1-3-33-26-11-7-4-8-21(26)28-27-24(29-22-9-5-6-10-23(22)30-28)16-19(17-25(27)31)18-12-14-20(32-2)15-13-18/h4-15,19,28-30H,3,16-17H2,1-2H3/t19-,28-/m0/s1. The Morgan fingerprint density at radius 1 is 0.909 bits per heavy atom. The summed E-state index contributed by atoms with van der Waals surface area (Å²) in [5.41, 5.74) is 5.83. The molecule has 3 aromatic carbocycles. The second-order valence-corrected chi connectivity index (χ2v) is 8.41. The normalized spacial score (nSPS) is 19.5. The zero-order valence-corrected chi connectivity index (χ0v) is 18.9. The summed E-state index contributed by atoms with van der Waals surface area (Å²) >= 11 is 0. The van der Waals surface area contributed by atoms with Crippen LogP contribution in [0.2, 0.25) is 0 Å². The summed E-state index contributed by atoms with van der Waals surface area (Å²) in [6.07, 6.45) is 1.23. The smallest absolute Gasteiger partial charge is 0.163 e. The number of hydrogen-bond donors (Lipinski definition) is 2. The molecule has 168 valence electrons.